The first-order valence-corrected chi connectivity index (χ1v) is 12.3. The zero-order valence-corrected chi connectivity index (χ0v) is 21.5. The Morgan fingerprint density at radius 3 is 2.49 bits per heavy atom. The van der Waals surface area contributed by atoms with E-state index < -0.39 is 0 Å². The topological polar surface area (TPSA) is 107 Å². The molecule has 9 nitrogen and oxygen atoms in total. The van der Waals surface area contributed by atoms with Crippen LogP contribution in [-0.4, -0.2) is 46.0 Å². The first kappa shape index (κ1) is 26.1. The standard InChI is InChI=1S/C25H31N5O4S/c1-6-30-21(13-26-22(31)14-34-24-17(3)8-7-9-18(24)4)28-29-25(30)35-15-23(32)27-19-12-16(2)10-11-20(19)33-5/h7-12H,6,13-15H2,1-5H3,(H,26,31)(H,27,32). The molecule has 0 spiro atoms. The van der Waals surface area contributed by atoms with Crippen LogP contribution in [0.1, 0.15) is 29.4 Å². The highest BCUT2D eigenvalue weighted by Gasteiger charge is 2.15. The van der Waals surface area contributed by atoms with Gasteiger partial charge in [0.1, 0.15) is 11.5 Å². The second kappa shape index (κ2) is 12.3. The van der Waals surface area contributed by atoms with Gasteiger partial charge in [-0.25, -0.2) is 0 Å². The lowest BCUT2D eigenvalue weighted by Crippen LogP contribution is -2.29. The van der Waals surface area contributed by atoms with Gasteiger partial charge in [-0.05, 0) is 56.5 Å². The fraction of sp³-hybridized carbons (Fsp3) is 0.360. The molecule has 0 unspecified atom stereocenters. The number of anilines is 1. The molecule has 0 saturated carbocycles. The summed E-state index contributed by atoms with van der Waals surface area (Å²) in [6.07, 6.45) is 0. The quantitative estimate of drug-likeness (QED) is 0.389. The molecule has 0 fully saturated rings. The summed E-state index contributed by atoms with van der Waals surface area (Å²) in [7, 11) is 1.56. The van der Waals surface area contributed by atoms with Crippen LogP contribution in [-0.2, 0) is 22.7 Å². The molecule has 0 aliphatic rings. The maximum absolute atomic E-state index is 12.5. The van der Waals surface area contributed by atoms with Crippen LogP contribution >= 0.6 is 11.8 Å². The number of methoxy groups -OCH3 is 1. The molecular formula is C25H31N5O4S. The largest absolute Gasteiger partial charge is 0.495 e. The second-order valence-corrected chi connectivity index (χ2v) is 8.91. The predicted molar refractivity (Wildman–Crippen MR) is 136 cm³/mol. The molecule has 0 aliphatic heterocycles. The van der Waals surface area contributed by atoms with E-state index in [1.807, 2.05) is 68.7 Å². The van der Waals surface area contributed by atoms with Gasteiger partial charge < -0.3 is 24.7 Å². The number of nitrogens with one attached hydrogen (secondary N) is 2. The van der Waals surface area contributed by atoms with E-state index in [1.165, 1.54) is 11.8 Å². The molecule has 2 aromatic carbocycles. The van der Waals surface area contributed by atoms with Crippen LogP contribution in [0.4, 0.5) is 5.69 Å². The number of rotatable bonds is 11. The van der Waals surface area contributed by atoms with Gasteiger partial charge in [-0.1, -0.05) is 36.0 Å². The van der Waals surface area contributed by atoms with Crippen molar-refractivity contribution in [3.05, 3.63) is 58.9 Å². The van der Waals surface area contributed by atoms with Gasteiger partial charge in [0.15, 0.2) is 17.6 Å². The maximum Gasteiger partial charge on any atom is 0.258 e. The summed E-state index contributed by atoms with van der Waals surface area (Å²) in [5.41, 5.74) is 3.61. The van der Waals surface area contributed by atoms with Gasteiger partial charge in [-0.3, -0.25) is 9.59 Å². The van der Waals surface area contributed by atoms with E-state index in [0.29, 0.717) is 29.0 Å². The smallest absolute Gasteiger partial charge is 0.258 e. The zero-order chi connectivity index (χ0) is 25.4. The van der Waals surface area contributed by atoms with Gasteiger partial charge in [0.05, 0.1) is 25.1 Å². The van der Waals surface area contributed by atoms with Gasteiger partial charge in [-0.2, -0.15) is 0 Å². The molecule has 1 heterocycles. The number of para-hydroxylation sites is 1. The first-order valence-electron chi connectivity index (χ1n) is 11.3. The van der Waals surface area contributed by atoms with Crippen LogP contribution in [0.2, 0.25) is 0 Å². The van der Waals surface area contributed by atoms with E-state index in [4.69, 9.17) is 9.47 Å². The van der Waals surface area contributed by atoms with E-state index in [2.05, 4.69) is 20.8 Å². The lowest BCUT2D eigenvalue weighted by molar-refractivity contribution is -0.123. The molecule has 0 radical (unpaired) electrons. The number of carbonyl (C=O) groups is 2. The van der Waals surface area contributed by atoms with Crippen molar-refractivity contribution in [2.75, 3.05) is 24.8 Å². The highest BCUT2D eigenvalue weighted by Crippen LogP contribution is 2.26. The molecule has 3 rings (SSSR count). The number of aryl methyl sites for hydroxylation is 3. The number of aromatic nitrogens is 3. The van der Waals surface area contributed by atoms with Crippen LogP contribution in [0, 0.1) is 20.8 Å². The highest BCUT2D eigenvalue weighted by atomic mass is 32.2. The molecule has 186 valence electrons. The summed E-state index contributed by atoms with van der Waals surface area (Å²) in [5, 5.41) is 14.7. The Labute approximate surface area is 209 Å². The summed E-state index contributed by atoms with van der Waals surface area (Å²) in [5.74, 6) is 1.66. The predicted octanol–water partition coefficient (Wildman–Crippen LogP) is 3.66. The van der Waals surface area contributed by atoms with E-state index in [-0.39, 0.29) is 30.7 Å². The molecule has 0 saturated heterocycles. The number of hydrogen-bond acceptors (Lipinski definition) is 7. The van der Waals surface area contributed by atoms with Crippen LogP contribution < -0.4 is 20.1 Å². The van der Waals surface area contributed by atoms with Crippen molar-refractivity contribution in [3.63, 3.8) is 0 Å². The van der Waals surface area contributed by atoms with Crippen LogP contribution in [0.5, 0.6) is 11.5 Å². The molecule has 0 atom stereocenters. The average molecular weight is 498 g/mol. The van der Waals surface area contributed by atoms with E-state index in [1.54, 1.807) is 7.11 Å². The number of thioether (sulfide) groups is 1. The fourth-order valence-corrected chi connectivity index (χ4v) is 4.32. The molecule has 0 aliphatic carbocycles. The Bertz CT molecular complexity index is 1170. The Kier molecular flexibility index (Phi) is 9.13. The van der Waals surface area contributed by atoms with E-state index in [9.17, 15) is 9.59 Å². The number of ether oxygens (including phenoxy) is 2. The van der Waals surface area contributed by atoms with Crippen molar-refractivity contribution in [1.29, 1.82) is 0 Å². The summed E-state index contributed by atoms with van der Waals surface area (Å²) < 4.78 is 12.9. The van der Waals surface area contributed by atoms with Gasteiger partial charge >= 0.3 is 0 Å². The number of amides is 2. The fourth-order valence-electron chi connectivity index (χ4n) is 3.50. The van der Waals surface area contributed by atoms with Crippen molar-refractivity contribution >= 4 is 29.3 Å². The van der Waals surface area contributed by atoms with Crippen molar-refractivity contribution < 1.29 is 19.1 Å². The lowest BCUT2D eigenvalue weighted by atomic mass is 10.1. The molecule has 1 aromatic heterocycles. The number of carbonyl (C=O) groups excluding carboxylic acids is 2. The Hall–Kier alpha value is -3.53. The molecule has 10 heteroatoms. The minimum atomic E-state index is -0.251. The molecule has 0 bridgehead atoms. The SMILES string of the molecule is CCn1c(CNC(=O)COc2c(C)cccc2C)nnc1SCC(=O)Nc1cc(C)ccc1OC. The molecule has 35 heavy (non-hydrogen) atoms. The van der Waals surface area contributed by atoms with Gasteiger partial charge in [0, 0.05) is 6.54 Å². The third-order valence-electron chi connectivity index (χ3n) is 5.27. The molecule has 2 N–H and O–H groups in total. The van der Waals surface area contributed by atoms with Crippen molar-refractivity contribution in [1.82, 2.24) is 20.1 Å². The Morgan fingerprint density at radius 1 is 1.06 bits per heavy atom. The summed E-state index contributed by atoms with van der Waals surface area (Å²) in [6.45, 7) is 8.53. The van der Waals surface area contributed by atoms with Gasteiger partial charge in [0.25, 0.3) is 5.91 Å². The number of benzene rings is 2. The zero-order valence-electron chi connectivity index (χ0n) is 20.7. The summed E-state index contributed by atoms with van der Waals surface area (Å²) >= 11 is 1.28. The molecule has 2 amide bonds. The number of nitrogens with zero attached hydrogens (tertiary/aromatic N) is 3. The van der Waals surface area contributed by atoms with E-state index >= 15 is 0 Å². The second-order valence-electron chi connectivity index (χ2n) is 7.97. The molecular weight excluding hydrogens is 466 g/mol. The number of hydrogen-bond donors (Lipinski definition) is 2. The summed E-state index contributed by atoms with van der Waals surface area (Å²) in [6, 6.07) is 11.4. The first-order chi connectivity index (χ1) is 16.8. The van der Waals surface area contributed by atoms with E-state index in [0.717, 1.165) is 22.4 Å². The Balaban J connectivity index is 1.53. The van der Waals surface area contributed by atoms with Crippen LogP contribution in [0.3, 0.4) is 0 Å². The maximum atomic E-state index is 12.5. The normalized spacial score (nSPS) is 10.7. The van der Waals surface area contributed by atoms with Gasteiger partial charge in [0.2, 0.25) is 5.91 Å². The Morgan fingerprint density at radius 2 is 1.80 bits per heavy atom. The van der Waals surface area contributed by atoms with Crippen molar-refractivity contribution in [2.24, 2.45) is 0 Å². The lowest BCUT2D eigenvalue weighted by Gasteiger charge is -2.12. The minimum absolute atomic E-state index is 0.0871. The van der Waals surface area contributed by atoms with Crippen molar-refractivity contribution in [2.45, 2.75) is 45.9 Å². The van der Waals surface area contributed by atoms with Crippen LogP contribution in [0.25, 0.3) is 0 Å². The minimum Gasteiger partial charge on any atom is -0.495 e. The molecule has 3 aromatic rings. The monoisotopic (exact) mass is 497 g/mol. The van der Waals surface area contributed by atoms with Crippen molar-refractivity contribution in [3.8, 4) is 11.5 Å². The third kappa shape index (κ3) is 6.98. The van der Waals surface area contributed by atoms with Gasteiger partial charge in [-0.15, -0.1) is 10.2 Å². The summed E-state index contributed by atoms with van der Waals surface area (Å²) in [4.78, 5) is 24.8. The highest BCUT2D eigenvalue weighted by molar-refractivity contribution is 7.99. The third-order valence-corrected chi connectivity index (χ3v) is 6.24. The average Bonchev–Trinajstić information content (AvgIpc) is 3.23. The van der Waals surface area contributed by atoms with Crippen LogP contribution in [0.15, 0.2) is 41.6 Å².